The highest BCUT2D eigenvalue weighted by molar-refractivity contribution is 5.97. The summed E-state index contributed by atoms with van der Waals surface area (Å²) in [7, 11) is 1.61. The van der Waals surface area contributed by atoms with Crippen molar-refractivity contribution in [2.24, 2.45) is 0 Å². The first-order chi connectivity index (χ1) is 18.0. The van der Waals surface area contributed by atoms with Gasteiger partial charge in [-0.05, 0) is 30.2 Å². The molecular formula is C26H29N7O4. The van der Waals surface area contributed by atoms with Gasteiger partial charge >= 0.3 is 0 Å². The number of rotatable bonds is 9. The van der Waals surface area contributed by atoms with Crippen molar-refractivity contribution in [3.8, 4) is 11.5 Å². The Kier molecular flexibility index (Phi) is 7.13. The summed E-state index contributed by atoms with van der Waals surface area (Å²) in [6.45, 7) is 5.43. The van der Waals surface area contributed by atoms with Crippen LogP contribution in [0.15, 0.2) is 48.9 Å². The number of nitrogens with one attached hydrogen (secondary N) is 2. The van der Waals surface area contributed by atoms with E-state index in [0.29, 0.717) is 41.7 Å². The number of aromatic nitrogens is 5. The molecule has 4 aromatic rings. The van der Waals surface area contributed by atoms with Crippen LogP contribution in [-0.2, 0) is 16.1 Å². The Hall–Kier alpha value is -4.25. The Morgan fingerprint density at radius 3 is 2.70 bits per heavy atom. The van der Waals surface area contributed by atoms with Gasteiger partial charge in [-0.15, -0.1) is 5.10 Å². The maximum Gasteiger partial charge on any atom is 0.246 e. The van der Waals surface area contributed by atoms with Crippen molar-refractivity contribution in [2.75, 3.05) is 31.0 Å². The second kappa shape index (κ2) is 10.8. The number of anilines is 3. The molecule has 3 heterocycles. The number of benzene rings is 2. The first-order valence-corrected chi connectivity index (χ1v) is 12.1. The highest BCUT2D eigenvalue weighted by Gasteiger charge is 2.19. The molecule has 1 fully saturated rings. The van der Waals surface area contributed by atoms with Gasteiger partial charge in [0.25, 0.3) is 0 Å². The minimum absolute atomic E-state index is 0.0225. The molecule has 11 heteroatoms. The van der Waals surface area contributed by atoms with E-state index < -0.39 is 0 Å². The number of carbonyl (C=O) groups is 1. The average molecular weight is 504 g/mol. The minimum atomic E-state index is -0.186. The number of nitrogens with zero attached hydrogens (tertiary/aromatic N) is 5. The van der Waals surface area contributed by atoms with Crippen LogP contribution in [0.4, 0.5) is 17.2 Å². The molecule has 1 saturated heterocycles. The van der Waals surface area contributed by atoms with Crippen LogP contribution in [-0.4, -0.2) is 57.3 Å². The zero-order valence-electron chi connectivity index (χ0n) is 21.0. The fourth-order valence-electron chi connectivity index (χ4n) is 4.03. The minimum Gasteiger partial charge on any atom is -0.496 e. The van der Waals surface area contributed by atoms with Crippen molar-refractivity contribution in [1.29, 1.82) is 0 Å². The van der Waals surface area contributed by atoms with Crippen LogP contribution in [0.3, 0.4) is 0 Å². The number of methoxy groups -OCH3 is 1. The third-order valence-electron chi connectivity index (χ3n) is 5.97. The van der Waals surface area contributed by atoms with Crippen LogP contribution in [0.1, 0.15) is 31.9 Å². The summed E-state index contributed by atoms with van der Waals surface area (Å²) in [5.41, 5.74) is 3.01. The number of hydrogen-bond acceptors (Lipinski definition) is 9. The number of carbonyl (C=O) groups excluding carboxylic acids is 1. The van der Waals surface area contributed by atoms with E-state index in [9.17, 15) is 4.79 Å². The van der Waals surface area contributed by atoms with Gasteiger partial charge in [-0.3, -0.25) is 4.79 Å². The Morgan fingerprint density at radius 2 is 2.00 bits per heavy atom. The van der Waals surface area contributed by atoms with Gasteiger partial charge in [0.2, 0.25) is 5.91 Å². The van der Waals surface area contributed by atoms with Gasteiger partial charge < -0.3 is 24.8 Å². The standard InChI is InChI=1S/C26H29N7O4/c1-16(2)22-12-33(32-31-22)13-24(34)29-17-4-6-18(7-5-17)30-26-25-21(27-15-28-26)10-20(11-23(25)35-3)37-19-8-9-36-14-19/h4-7,10-12,15-16,19H,8-9,13-14H2,1-3H3,(H,29,34)(H,27,28,30)/t19-/m1/s1. The zero-order chi connectivity index (χ0) is 25.8. The Labute approximate surface area is 214 Å². The number of amides is 1. The van der Waals surface area contributed by atoms with E-state index in [2.05, 4.69) is 30.9 Å². The van der Waals surface area contributed by atoms with Crippen molar-refractivity contribution < 1.29 is 19.0 Å². The van der Waals surface area contributed by atoms with Crippen LogP contribution in [0.5, 0.6) is 11.5 Å². The molecule has 5 rings (SSSR count). The summed E-state index contributed by atoms with van der Waals surface area (Å²) in [5, 5.41) is 15.0. The van der Waals surface area contributed by atoms with Crippen molar-refractivity contribution in [1.82, 2.24) is 25.0 Å². The average Bonchev–Trinajstić information content (AvgIpc) is 3.57. The molecule has 1 aliphatic rings. The van der Waals surface area contributed by atoms with Gasteiger partial charge in [0, 0.05) is 36.1 Å². The lowest BCUT2D eigenvalue weighted by Gasteiger charge is -2.16. The molecule has 1 aliphatic heterocycles. The number of ether oxygens (including phenoxy) is 3. The first kappa shape index (κ1) is 24.4. The summed E-state index contributed by atoms with van der Waals surface area (Å²) in [4.78, 5) is 21.3. The lowest BCUT2D eigenvalue weighted by atomic mass is 10.2. The summed E-state index contributed by atoms with van der Waals surface area (Å²) >= 11 is 0. The number of hydrogen-bond donors (Lipinski definition) is 2. The summed E-state index contributed by atoms with van der Waals surface area (Å²) in [6, 6.07) is 11.1. The van der Waals surface area contributed by atoms with E-state index in [1.54, 1.807) is 13.3 Å². The van der Waals surface area contributed by atoms with Crippen molar-refractivity contribution in [3.63, 3.8) is 0 Å². The van der Waals surface area contributed by atoms with E-state index in [1.165, 1.54) is 11.0 Å². The van der Waals surface area contributed by atoms with Crippen molar-refractivity contribution in [3.05, 3.63) is 54.6 Å². The summed E-state index contributed by atoms with van der Waals surface area (Å²) in [5.74, 6) is 1.95. The Balaban J connectivity index is 1.28. The van der Waals surface area contributed by atoms with Gasteiger partial charge in [-0.2, -0.15) is 0 Å². The fraction of sp³-hybridized carbons (Fsp3) is 0.346. The van der Waals surface area contributed by atoms with Crippen LogP contribution in [0.2, 0.25) is 0 Å². The van der Waals surface area contributed by atoms with Crippen molar-refractivity contribution in [2.45, 2.75) is 38.8 Å². The molecule has 1 atom stereocenters. The Bertz CT molecular complexity index is 1380. The molecule has 37 heavy (non-hydrogen) atoms. The predicted octanol–water partition coefficient (Wildman–Crippen LogP) is 3.90. The molecule has 1 amide bonds. The predicted molar refractivity (Wildman–Crippen MR) is 138 cm³/mol. The molecule has 0 bridgehead atoms. The third-order valence-corrected chi connectivity index (χ3v) is 5.97. The van der Waals surface area contributed by atoms with Gasteiger partial charge in [-0.25, -0.2) is 14.6 Å². The van der Waals surface area contributed by atoms with Gasteiger partial charge in [-0.1, -0.05) is 19.1 Å². The largest absolute Gasteiger partial charge is 0.496 e. The third kappa shape index (κ3) is 5.78. The highest BCUT2D eigenvalue weighted by atomic mass is 16.5. The molecule has 2 aromatic carbocycles. The lowest BCUT2D eigenvalue weighted by molar-refractivity contribution is -0.116. The second-order valence-electron chi connectivity index (χ2n) is 9.09. The molecule has 192 valence electrons. The molecule has 0 radical (unpaired) electrons. The van der Waals surface area contributed by atoms with Crippen molar-refractivity contribution >= 4 is 34.0 Å². The summed E-state index contributed by atoms with van der Waals surface area (Å²) in [6.07, 6.45) is 4.16. The van der Waals surface area contributed by atoms with E-state index in [0.717, 1.165) is 23.2 Å². The topological polar surface area (TPSA) is 125 Å². The molecule has 2 aromatic heterocycles. The lowest BCUT2D eigenvalue weighted by Crippen LogP contribution is -2.19. The van der Waals surface area contributed by atoms with E-state index >= 15 is 0 Å². The van der Waals surface area contributed by atoms with Gasteiger partial charge in [0.1, 0.15) is 36.3 Å². The smallest absolute Gasteiger partial charge is 0.246 e. The molecule has 0 unspecified atom stereocenters. The SMILES string of the molecule is COc1cc(O[C@@H]2CCOC2)cc2ncnc(Nc3ccc(NC(=O)Cn4cc(C(C)C)nn4)cc3)c12. The molecule has 0 saturated carbocycles. The quantitative estimate of drug-likeness (QED) is 0.350. The van der Waals surface area contributed by atoms with E-state index in [4.69, 9.17) is 14.2 Å². The van der Waals surface area contributed by atoms with Crippen LogP contribution >= 0.6 is 0 Å². The molecule has 2 N–H and O–H groups in total. The number of fused-ring (bicyclic) bond motifs is 1. The van der Waals surface area contributed by atoms with E-state index in [1.807, 2.05) is 50.2 Å². The Morgan fingerprint density at radius 1 is 1.19 bits per heavy atom. The second-order valence-corrected chi connectivity index (χ2v) is 9.09. The fourth-order valence-corrected chi connectivity index (χ4v) is 4.03. The zero-order valence-corrected chi connectivity index (χ0v) is 21.0. The van der Waals surface area contributed by atoms with Gasteiger partial charge in [0.15, 0.2) is 0 Å². The first-order valence-electron chi connectivity index (χ1n) is 12.1. The van der Waals surface area contributed by atoms with Gasteiger partial charge in [0.05, 0.1) is 36.9 Å². The molecule has 0 spiro atoms. The molecule has 0 aliphatic carbocycles. The van der Waals surface area contributed by atoms with Crippen LogP contribution in [0, 0.1) is 0 Å². The van der Waals surface area contributed by atoms with Crippen LogP contribution in [0.25, 0.3) is 10.9 Å². The summed E-state index contributed by atoms with van der Waals surface area (Å²) < 4.78 is 18.6. The molecule has 11 nitrogen and oxygen atoms in total. The normalized spacial score (nSPS) is 15.2. The monoisotopic (exact) mass is 503 g/mol. The highest BCUT2D eigenvalue weighted by Crippen LogP contribution is 2.36. The maximum absolute atomic E-state index is 12.4. The maximum atomic E-state index is 12.4. The molecular weight excluding hydrogens is 474 g/mol. The van der Waals surface area contributed by atoms with Crippen LogP contribution < -0.4 is 20.1 Å². The van der Waals surface area contributed by atoms with E-state index in [-0.39, 0.29) is 24.5 Å².